The van der Waals surface area contributed by atoms with Gasteiger partial charge in [0.1, 0.15) is 0 Å². The standard InChI is InChI=1S/C11H16BrN/c1-3-11(8(2)13)9-5-4-6-10(12)7-9/h4-8,11H,3,13H2,1-2H3. The summed E-state index contributed by atoms with van der Waals surface area (Å²) in [5.74, 6) is 0.470. The van der Waals surface area contributed by atoms with Crippen LogP contribution in [-0.4, -0.2) is 6.04 Å². The van der Waals surface area contributed by atoms with Gasteiger partial charge in [0.2, 0.25) is 0 Å². The summed E-state index contributed by atoms with van der Waals surface area (Å²) in [7, 11) is 0. The van der Waals surface area contributed by atoms with Crippen LogP contribution in [0.15, 0.2) is 28.7 Å². The van der Waals surface area contributed by atoms with E-state index in [4.69, 9.17) is 5.73 Å². The van der Waals surface area contributed by atoms with Crippen LogP contribution in [0.5, 0.6) is 0 Å². The van der Waals surface area contributed by atoms with E-state index in [9.17, 15) is 0 Å². The van der Waals surface area contributed by atoms with E-state index in [0.29, 0.717) is 5.92 Å². The summed E-state index contributed by atoms with van der Waals surface area (Å²) >= 11 is 3.47. The second-order valence-corrected chi connectivity index (χ2v) is 4.34. The smallest absolute Gasteiger partial charge is 0.0178 e. The molecule has 0 aliphatic carbocycles. The number of hydrogen-bond acceptors (Lipinski definition) is 1. The van der Waals surface area contributed by atoms with Crippen LogP contribution >= 0.6 is 15.9 Å². The fourth-order valence-corrected chi connectivity index (χ4v) is 2.07. The van der Waals surface area contributed by atoms with Gasteiger partial charge in [-0.25, -0.2) is 0 Å². The largest absolute Gasteiger partial charge is 0.327 e. The molecule has 0 aliphatic rings. The summed E-state index contributed by atoms with van der Waals surface area (Å²) in [4.78, 5) is 0. The van der Waals surface area contributed by atoms with Crippen LogP contribution in [0.4, 0.5) is 0 Å². The number of nitrogens with two attached hydrogens (primary N) is 1. The molecule has 2 N–H and O–H groups in total. The number of hydrogen-bond donors (Lipinski definition) is 1. The van der Waals surface area contributed by atoms with E-state index in [2.05, 4.69) is 48.0 Å². The molecule has 0 saturated carbocycles. The van der Waals surface area contributed by atoms with Crippen molar-refractivity contribution in [3.05, 3.63) is 34.3 Å². The van der Waals surface area contributed by atoms with Gasteiger partial charge in [0, 0.05) is 10.5 Å². The second kappa shape index (κ2) is 4.77. The lowest BCUT2D eigenvalue weighted by atomic mass is 9.91. The van der Waals surface area contributed by atoms with Crippen molar-refractivity contribution in [3.8, 4) is 0 Å². The number of halogens is 1. The van der Waals surface area contributed by atoms with Crippen LogP contribution in [0, 0.1) is 0 Å². The molecular formula is C11H16BrN. The highest BCUT2D eigenvalue weighted by Gasteiger charge is 2.13. The molecule has 13 heavy (non-hydrogen) atoms. The molecule has 2 unspecified atom stereocenters. The molecule has 0 aliphatic heterocycles. The Bertz CT molecular complexity index is 271. The van der Waals surface area contributed by atoms with Crippen molar-refractivity contribution >= 4 is 15.9 Å². The quantitative estimate of drug-likeness (QED) is 0.864. The van der Waals surface area contributed by atoms with Gasteiger partial charge in [-0.3, -0.25) is 0 Å². The minimum absolute atomic E-state index is 0.222. The molecular weight excluding hydrogens is 226 g/mol. The summed E-state index contributed by atoms with van der Waals surface area (Å²) in [5, 5.41) is 0. The number of rotatable bonds is 3. The molecule has 0 amide bonds. The Morgan fingerprint density at radius 2 is 2.15 bits per heavy atom. The zero-order valence-electron chi connectivity index (χ0n) is 8.13. The predicted molar refractivity (Wildman–Crippen MR) is 60.8 cm³/mol. The Morgan fingerprint density at radius 3 is 2.62 bits per heavy atom. The summed E-state index contributed by atoms with van der Waals surface area (Å²) < 4.78 is 1.13. The molecule has 0 bridgehead atoms. The Hall–Kier alpha value is -0.340. The van der Waals surface area contributed by atoms with Gasteiger partial charge in [-0.15, -0.1) is 0 Å². The highest BCUT2D eigenvalue weighted by molar-refractivity contribution is 9.10. The Balaban J connectivity index is 2.91. The third-order valence-corrected chi connectivity index (χ3v) is 2.84. The summed E-state index contributed by atoms with van der Waals surface area (Å²) in [6.07, 6.45) is 1.09. The molecule has 0 fully saturated rings. The van der Waals surface area contributed by atoms with Gasteiger partial charge in [0.15, 0.2) is 0 Å². The van der Waals surface area contributed by atoms with Crippen molar-refractivity contribution in [2.24, 2.45) is 5.73 Å². The van der Waals surface area contributed by atoms with Crippen LogP contribution in [-0.2, 0) is 0 Å². The van der Waals surface area contributed by atoms with Crippen LogP contribution in [0.2, 0.25) is 0 Å². The van der Waals surface area contributed by atoms with E-state index in [0.717, 1.165) is 10.9 Å². The first kappa shape index (κ1) is 10.7. The molecule has 2 atom stereocenters. The average Bonchev–Trinajstić information content (AvgIpc) is 2.04. The maximum atomic E-state index is 5.91. The SMILES string of the molecule is CCC(c1cccc(Br)c1)C(C)N. The van der Waals surface area contributed by atoms with Crippen molar-refractivity contribution in [2.45, 2.75) is 32.2 Å². The fourth-order valence-electron chi connectivity index (χ4n) is 1.65. The van der Waals surface area contributed by atoms with Crippen LogP contribution < -0.4 is 5.73 Å². The van der Waals surface area contributed by atoms with Gasteiger partial charge >= 0.3 is 0 Å². The lowest BCUT2D eigenvalue weighted by molar-refractivity contribution is 0.552. The molecule has 1 aromatic carbocycles. The minimum Gasteiger partial charge on any atom is -0.327 e. The minimum atomic E-state index is 0.222. The molecule has 0 heterocycles. The zero-order chi connectivity index (χ0) is 9.84. The van der Waals surface area contributed by atoms with Crippen molar-refractivity contribution in [1.29, 1.82) is 0 Å². The predicted octanol–water partition coefficient (Wildman–Crippen LogP) is 3.29. The van der Waals surface area contributed by atoms with Crippen LogP contribution in [0.25, 0.3) is 0 Å². The van der Waals surface area contributed by atoms with Crippen LogP contribution in [0.1, 0.15) is 31.7 Å². The van der Waals surface area contributed by atoms with Gasteiger partial charge in [0.05, 0.1) is 0 Å². The summed E-state index contributed by atoms with van der Waals surface area (Å²) in [5.41, 5.74) is 7.24. The Kier molecular flexibility index (Phi) is 3.94. The lowest BCUT2D eigenvalue weighted by Gasteiger charge is -2.19. The highest BCUT2D eigenvalue weighted by Crippen LogP contribution is 2.24. The fraction of sp³-hybridized carbons (Fsp3) is 0.455. The molecule has 0 spiro atoms. The van der Waals surface area contributed by atoms with E-state index in [-0.39, 0.29) is 6.04 Å². The first-order chi connectivity index (χ1) is 6.15. The third kappa shape index (κ3) is 2.82. The van der Waals surface area contributed by atoms with Gasteiger partial charge in [-0.05, 0) is 37.0 Å². The monoisotopic (exact) mass is 241 g/mol. The van der Waals surface area contributed by atoms with Gasteiger partial charge in [-0.2, -0.15) is 0 Å². The topological polar surface area (TPSA) is 26.0 Å². The first-order valence-electron chi connectivity index (χ1n) is 4.66. The Labute approximate surface area is 88.5 Å². The molecule has 2 heteroatoms. The molecule has 1 nitrogen and oxygen atoms in total. The number of benzene rings is 1. The highest BCUT2D eigenvalue weighted by atomic mass is 79.9. The summed E-state index contributed by atoms with van der Waals surface area (Å²) in [6, 6.07) is 8.61. The van der Waals surface area contributed by atoms with E-state index in [1.807, 2.05) is 6.07 Å². The maximum absolute atomic E-state index is 5.91. The van der Waals surface area contributed by atoms with Crippen molar-refractivity contribution in [3.63, 3.8) is 0 Å². The molecule has 0 radical (unpaired) electrons. The molecule has 1 rings (SSSR count). The molecule has 72 valence electrons. The lowest BCUT2D eigenvalue weighted by Crippen LogP contribution is -2.24. The van der Waals surface area contributed by atoms with E-state index in [1.54, 1.807) is 0 Å². The third-order valence-electron chi connectivity index (χ3n) is 2.35. The van der Waals surface area contributed by atoms with Crippen molar-refractivity contribution in [1.82, 2.24) is 0 Å². The normalized spacial score (nSPS) is 15.4. The van der Waals surface area contributed by atoms with Gasteiger partial charge < -0.3 is 5.73 Å². The molecule has 0 aromatic heterocycles. The maximum Gasteiger partial charge on any atom is 0.0178 e. The van der Waals surface area contributed by atoms with E-state index < -0.39 is 0 Å². The Morgan fingerprint density at radius 1 is 1.46 bits per heavy atom. The van der Waals surface area contributed by atoms with Crippen molar-refractivity contribution < 1.29 is 0 Å². The van der Waals surface area contributed by atoms with Gasteiger partial charge in [0.25, 0.3) is 0 Å². The van der Waals surface area contributed by atoms with Gasteiger partial charge in [-0.1, -0.05) is 35.0 Å². The second-order valence-electron chi connectivity index (χ2n) is 3.43. The van der Waals surface area contributed by atoms with E-state index >= 15 is 0 Å². The molecule has 0 saturated heterocycles. The van der Waals surface area contributed by atoms with E-state index in [1.165, 1.54) is 5.56 Å². The first-order valence-corrected chi connectivity index (χ1v) is 5.45. The summed E-state index contributed by atoms with van der Waals surface area (Å²) in [6.45, 7) is 4.24. The van der Waals surface area contributed by atoms with Crippen LogP contribution in [0.3, 0.4) is 0 Å². The molecule has 1 aromatic rings. The van der Waals surface area contributed by atoms with Crippen molar-refractivity contribution in [2.75, 3.05) is 0 Å². The zero-order valence-corrected chi connectivity index (χ0v) is 9.71. The average molecular weight is 242 g/mol.